The molecule has 0 heterocycles. The molecule has 0 saturated heterocycles. The van der Waals surface area contributed by atoms with E-state index in [9.17, 15) is 0 Å². The summed E-state index contributed by atoms with van der Waals surface area (Å²) in [6.45, 7) is 10.9. The van der Waals surface area contributed by atoms with E-state index in [4.69, 9.17) is 18.9 Å². The number of benzene rings is 2. The van der Waals surface area contributed by atoms with Gasteiger partial charge in [0.2, 0.25) is 0 Å². The highest BCUT2D eigenvalue weighted by Crippen LogP contribution is 2.40. The minimum atomic E-state index is 0. The van der Waals surface area contributed by atoms with Gasteiger partial charge >= 0.3 is 0 Å². The maximum atomic E-state index is 5.65. The Kier molecular flexibility index (Phi) is 17.5. The van der Waals surface area contributed by atoms with Crippen molar-refractivity contribution in [2.45, 2.75) is 51.9 Å². The summed E-state index contributed by atoms with van der Waals surface area (Å²) in [7, 11) is 8.96. The highest BCUT2D eigenvalue weighted by molar-refractivity contribution is 5.85. The first-order valence-electron chi connectivity index (χ1n) is 13.2. The van der Waals surface area contributed by atoms with Gasteiger partial charge in [-0.25, -0.2) is 0 Å². The van der Waals surface area contributed by atoms with Crippen LogP contribution in [0.5, 0.6) is 23.0 Å². The summed E-state index contributed by atoms with van der Waals surface area (Å²) in [5.41, 5.74) is 2.58. The van der Waals surface area contributed by atoms with E-state index in [1.165, 1.54) is 11.1 Å². The van der Waals surface area contributed by atoms with Crippen LogP contribution in [0.4, 0.5) is 0 Å². The van der Waals surface area contributed by atoms with Crippen molar-refractivity contribution >= 4 is 24.8 Å². The van der Waals surface area contributed by atoms with Gasteiger partial charge in [0.25, 0.3) is 0 Å². The molecule has 2 aromatic rings. The Hall–Kier alpha value is -1.86. The van der Waals surface area contributed by atoms with Crippen molar-refractivity contribution in [3.8, 4) is 23.0 Å². The number of hydrogen-bond donors (Lipinski definition) is 1. The van der Waals surface area contributed by atoms with Crippen LogP contribution < -0.4 is 24.3 Å². The lowest BCUT2D eigenvalue weighted by atomic mass is 9.68. The fourth-order valence-electron chi connectivity index (χ4n) is 4.93. The third-order valence-corrected chi connectivity index (χ3v) is 7.32. The lowest BCUT2D eigenvalue weighted by molar-refractivity contribution is 0.241. The van der Waals surface area contributed by atoms with Crippen LogP contribution in [0, 0.1) is 5.92 Å². The van der Waals surface area contributed by atoms with Crippen LogP contribution in [0.15, 0.2) is 36.4 Å². The van der Waals surface area contributed by atoms with E-state index >= 15 is 0 Å². The standard InChI is InChI=1S/C30H48N2O4.2ClH/c1-9-17-31-22-30(23(2)3,25-12-14-27(34-6)29(21-25)36-8)16-10-18-32(4)19-15-24-11-13-26(33-5)28(20-24)35-7;;/h11-14,20-21,23,31H,9-10,15-19,22H2,1-8H3;2*1H. The fourth-order valence-corrected chi connectivity index (χ4v) is 4.93. The topological polar surface area (TPSA) is 52.2 Å². The van der Waals surface area contributed by atoms with E-state index < -0.39 is 0 Å². The Morgan fingerprint density at radius 2 is 1.39 bits per heavy atom. The fraction of sp³-hybridized carbons (Fsp3) is 0.600. The first kappa shape index (κ1) is 36.1. The molecule has 6 nitrogen and oxygen atoms in total. The monoisotopic (exact) mass is 572 g/mol. The first-order chi connectivity index (χ1) is 17.3. The molecular formula is C30H50Cl2N2O4. The van der Waals surface area contributed by atoms with Crippen LogP contribution in [-0.2, 0) is 11.8 Å². The number of nitrogens with one attached hydrogen (secondary N) is 1. The molecule has 0 bridgehead atoms. The largest absolute Gasteiger partial charge is 0.493 e. The molecule has 0 aliphatic heterocycles. The highest BCUT2D eigenvalue weighted by Gasteiger charge is 2.35. The molecule has 0 amide bonds. The first-order valence-corrected chi connectivity index (χ1v) is 13.2. The van der Waals surface area contributed by atoms with E-state index in [0.29, 0.717) is 5.92 Å². The van der Waals surface area contributed by atoms with Crippen LogP contribution >= 0.6 is 24.8 Å². The molecule has 2 rings (SSSR count). The minimum Gasteiger partial charge on any atom is -0.493 e. The van der Waals surface area contributed by atoms with Crippen LogP contribution in [0.3, 0.4) is 0 Å². The summed E-state index contributed by atoms with van der Waals surface area (Å²) in [6, 6.07) is 12.6. The van der Waals surface area contributed by atoms with E-state index in [-0.39, 0.29) is 30.2 Å². The molecule has 218 valence electrons. The predicted molar refractivity (Wildman–Crippen MR) is 164 cm³/mol. The number of hydrogen-bond acceptors (Lipinski definition) is 6. The molecule has 2 aromatic carbocycles. The molecule has 0 radical (unpaired) electrons. The number of methoxy groups -OCH3 is 4. The van der Waals surface area contributed by atoms with Crippen LogP contribution in [0.1, 0.15) is 51.2 Å². The zero-order valence-corrected chi connectivity index (χ0v) is 26.2. The normalized spacial score (nSPS) is 12.4. The summed E-state index contributed by atoms with van der Waals surface area (Å²) in [5, 5.41) is 3.72. The molecule has 1 N–H and O–H groups in total. The average molecular weight is 574 g/mol. The van der Waals surface area contributed by atoms with Crippen molar-refractivity contribution in [1.29, 1.82) is 0 Å². The van der Waals surface area contributed by atoms with Gasteiger partial charge < -0.3 is 29.2 Å². The van der Waals surface area contributed by atoms with E-state index in [1.54, 1.807) is 28.4 Å². The summed E-state index contributed by atoms with van der Waals surface area (Å²) in [4.78, 5) is 2.43. The van der Waals surface area contributed by atoms with Crippen molar-refractivity contribution in [2.24, 2.45) is 5.92 Å². The third-order valence-electron chi connectivity index (χ3n) is 7.32. The minimum absolute atomic E-state index is 0. The van der Waals surface area contributed by atoms with Gasteiger partial charge in [0.05, 0.1) is 28.4 Å². The molecule has 8 heteroatoms. The van der Waals surface area contributed by atoms with E-state index in [0.717, 1.165) is 74.9 Å². The predicted octanol–water partition coefficient (Wildman–Crippen LogP) is 6.41. The van der Waals surface area contributed by atoms with Crippen molar-refractivity contribution in [2.75, 3.05) is 61.7 Å². The Morgan fingerprint density at radius 1 is 0.816 bits per heavy atom. The smallest absolute Gasteiger partial charge is 0.161 e. The zero-order chi connectivity index (χ0) is 26.6. The third kappa shape index (κ3) is 9.71. The average Bonchev–Trinajstić information content (AvgIpc) is 2.90. The molecule has 0 saturated carbocycles. The lowest BCUT2D eigenvalue weighted by Gasteiger charge is -2.39. The SMILES string of the molecule is CCCNCC(CCCN(C)CCc1ccc(OC)c(OC)c1)(c1ccc(OC)c(OC)c1)C(C)C.Cl.Cl. The number of likely N-dealkylation sites (N-methyl/N-ethyl adjacent to an activating group) is 1. The Morgan fingerprint density at radius 3 is 1.95 bits per heavy atom. The number of rotatable bonds is 17. The van der Waals surface area contributed by atoms with Crippen molar-refractivity contribution < 1.29 is 18.9 Å². The second-order valence-electron chi connectivity index (χ2n) is 9.90. The second-order valence-corrected chi connectivity index (χ2v) is 9.90. The molecule has 1 atom stereocenters. The van der Waals surface area contributed by atoms with Crippen molar-refractivity contribution in [3.05, 3.63) is 47.5 Å². The molecule has 0 aliphatic rings. The van der Waals surface area contributed by atoms with Gasteiger partial charge in [0, 0.05) is 18.5 Å². The van der Waals surface area contributed by atoms with E-state index in [1.807, 2.05) is 12.1 Å². The summed E-state index contributed by atoms with van der Waals surface area (Å²) >= 11 is 0. The van der Waals surface area contributed by atoms with Gasteiger partial charge in [-0.2, -0.15) is 0 Å². The molecule has 0 spiro atoms. The van der Waals surface area contributed by atoms with Gasteiger partial charge in [-0.15, -0.1) is 24.8 Å². The lowest BCUT2D eigenvalue weighted by Crippen LogP contribution is -2.43. The summed E-state index contributed by atoms with van der Waals surface area (Å²) < 4.78 is 22.0. The van der Waals surface area contributed by atoms with Crippen molar-refractivity contribution in [1.82, 2.24) is 10.2 Å². The van der Waals surface area contributed by atoms with Crippen LogP contribution in [0.2, 0.25) is 0 Å². The highest BCUT2D eigenvalue weighted by atomic mass is 35.5. The van der Waals surface area contributed by atoms with E-state index in [2.05, 4.69) is 62.3 Å². The molecule has 0 aromatic heterocycles. The molecule has 0 aliphatic carbocycles. The summed E-state index contributed by atoms with van der Waals surface area (Å²) in [5.74, 6) is 3.59. The molecule has 38 heavy (non-hydrogen) atoms. The molecule has 0 fully saturated rings. The van der Waals surface area contributed by atoms with Crippen LogP contribution in [-0.4, -0.2) is 66.6 Å². The van der Waals surface area contributed by atoms with Gasteiger partial charge in [0.1, 0.15) is 0 Å². The Balaban J connectivity index is 0.00000684. The quantitative estimate of drug-likeness (QED) is 0.221. The van der Waals surface area contributed by atoms with Gasteiger partial charge in [0.15, 0.2) is 23.0 Å². The Bertz CT molecular complexity index is 929. The summed E-state index contributed by atoms with van der Waals surface area (Å²) in [6.07, 6.45) is 4.30. The van der Waals surface area contributed by atoms with Gasteiger partial charge in [-0.1, -0.05) is 32.9 Å². The maximum Gasteiger partial charge on any atom is 0.161 e. The zero-order valence-electron chi connectivity index (χ0n) is 24.6. The second kappa shape index (κ2) is 18.4. The Labute approximate surface area is 243 Å². The van der Waals surface area contributed by atoms with Crippen molar-refractivity contribution in [3.63, 3.8) is 0 Å². The van der Waals surface area contributed by atoms with Crippen LogP contribution in [0.25, 0.3) is 0 Å². The number of nitrogens with zero attached hydrogens (tertiary/aromatic N) is 1. The number of halogens is 2. The maximum absolute atomic E-state index is 5.65. The van der Waals surface area contributed by atoms with Gasteiger partial charge in [-0.3, -0.25) is 0 Å². The van der Waals surface area contributed by atoms with Gasteiger partial charge in [-0.05, 0) is 87.1 Å². The number of ether oxygens (including phenoxy) is 4. The molecule has 1 unspecified atom stereocenters. The molecular weight excluding hydrogens is 523 g/mol.